The van der Waals surface area contributed by atoms with E-state index in [1.807, 2.05) is 11.9 Å². The number of hydrazine groups is 1. The SMILES string of the molecule is C=N/C=C(/c1cc(F)ccc1S(C)=O)N(C)C/C(SCNC)=C(/N=C)NN. The van der Waals surface area contributed by atoms with E-state index in [0.29, 0.717) is 34.4 Å². The van der Waals surface area contributed by atoms with E-state index >= 15 is 0 Å². The van der Waals surface area contributed by atoms with Crippen LogP contribution in [0.2, 0.25) is 0 Å². The number of aliphatic imine (C=N–C) groups is 2. The van der Waals surface area contributed by atoms with Gasteiger partial charge in [-0.1, -0.05) is 0 Å². The summed E-state index contributed by atoms with van der Waals surface area (Å²) in [6.07, 6.45) is 3.05. The van der Waals surface area contributed by atoms with E-state index in [1.165, 1.54) is 36.2 Å². The van der Waals surface area contributed by atoms with Gasteiger partial charge in [-0.05, 0) is 38.7 Å². The highest BCUT2D eigenvalue weighted by Gasteiger charge is 2.18. The van der Waals surface area contributed by atoms with Crippen LogP contribution in [0.5, 0.6) is 0 Å². The molecule has 0 saturated heterocycles. The Morgan fingerprint density at radius 3 is 2.70 bits per heavy atom. The minimum atomic E-state index is -1.30. The lowest BCUT2D eigenvalue weighted by atomic mass is 10.1. The fourth-order valence-corrected chi connectivity index (χ4v) is 3.87. The van der Waals surface area contributed by atoms with Gasteiger partial charge in [-0.2, -0.15) is 0 Å². The number of rotatable bonds is 11. The summed E-state index contributed by atoms with van der Waals surface area (Å²) in [5.74, 6) is 6.17. The zero-order valence-electron chi connectivity index (χ0n) is 15.7. The number of nitrogens with zero attached hydrogens (tertiary/aromatic N) is 3. The highest BCUT2D eigenvalue weighted by atomic mass is 32.2. The van der Waals surface area contributed by atoms with E-state index in [-0.39, 0.29) is 0 Å². The molecule has 0 bridgehead atoms. The molecule has 1 aromatic carbocycles. The number of benzene rings is 1. The zero-order valence-corrected chi connectivity index (χ0v) is 17.3. The molecule has 0 aliphatic carbocycles. The van der Waals surface area contributed by atoms with Gasteiger partial charge in [-0.3, -0.25) is 9.20 Å². The molecule has 0 radical (unpaired) electrons. The van der Waals surface area contributed by atoms with Gasteiger partial charge in [-0.25, -0.2) is 15.2 Å². The van der Waals surface area contributed by atoms with Crippen LogP contribution >= 0.6 is 11.8 Å². The Morgan fingerprint density at radius 1 is 1.48 bits per heavy atom. The van der Waals surface area contributed by atoms with Gasteiger partial charge in [-0.15, -0.1) is 11.8 Å². The molecule has 1 rings (SSSR count). The molecular weight excluding hydrogens is 387 g/mol. The first-order valence-electron chi connectivity index (χ1n) is 7.83. The molecule has 0 amide bonds. The highest BCUT2D eigenvalue weighted by molar-refractivity contribution is 8.03. The second kappa shape index (κ2) is 11.7. The average Bonchev–Trinajstić information content (AvgIpc) is 2.64. The van der Waals surface area contributed by atoms with Gasteiger partial charge in [0.15, 0.2) is 5.82 Å². The maximum absolute atomic E-state index is 13.9. The molecule has 0 heterocycles. The van der Waals surface area contributed by atoms with Crippen LogP contribution in [0.1, 0.15) is 5.56 Å². The monoisotopic (exact) mass is 412 g/mol. The van der Waals surface area contributed by atoms with Crippen LogP contribution < -0.4 is 16.6 Å². The summed E-state index contributed by atoms with van der Waals surface area (Å²) in [6.45, 7) is 7.40. The minimum absolute atomic E-state index is 0.387. The van der Waals surface area contributed by atoms with Gasteiger partial charge in [0.1, 0.15) is 5.82 Å². The van der Waals surface area contributed by atoms with Gasteiger partial charge in [0.25, 0.3) is 0 Å². The fraction of sp³-hybridized carbons (Fsp3) is 0.294. The van der Waals surface area contributed by atoms with E-state index in [1.54, 1.807) is 13.3 Å². The molecule has 0 aromatic heterocycles. The van der Waals surface area contributed by atoms with Gasteiger partial charge >= 0.3 is 0 Å². The van der Waals surface area contributed by atoms with Crippen molar-refractivity contribution in [1.29, 1.82) is 0 Å². The lowest BCUT2D eigenvalue weighted by molar-refractivity contribution is 0.524. The van der Waals surface area contributed by atoms with Gasteiger partial charge in [0, 0.05) is 34.5 Å². The number of hydrogen-bond acceptors (Lipinski definition) is 8. The van der Waals surface area contributed by atoms with Crippen LogP contribution in [0.15, 0.2) is 50.0 Å². The molecule has 0 saturated carbocycles. The number of likely N-dealkylation sites (N-methyl/N-ethyl adjacent to an activating group) is 1. The standard InChI is InChI=1S/C17H25FN6OS2/c1-20-9-14(13-8-12(18)6-7-16(13)27(5)25)24(4)10-15(26-11-21-2)17(22-3)23-19/h6-9,21,23H,1,3,10-11,19H2,2,4-5H3/b14-9-,17-15+. The number of nitrogens with one attached hydrogen (secondary N) is 2. The van der Waals surface area contributed by atoms with E-state index in [4.69, 9.17) is 5.84 Å². The van der Waals surface area contributed by atoms with Crippen molar-refractivity contribution in [3.63, 3.8) is 0 Å². The van der Waals surface area contributed by atoms with Crippen molar-refractivity contribution in [2.24, 2.45) is 15.8 Å². The normalized spacial score (nSPS) is 13.6. The molecule has 1 unspecified atom stereocenters. The molecule has 1 atom stereocenters. The summed E-state index contributed by atoms with van der Waals surface area (Å²) in [5.41, 5.74) is 3.58. The topological polar surface area (TPSA) is 95.1 Å². The zero-order chi connectivity index (χ0) is 20.4. The van der Waals surface area contributed by atoms with Crippen molar-refractivity contribution >= 4 is 41.7 Å². The Balaban J connectivity index is 3.36. The molecular formula is C17H25FN6OS2. The Labute approximate surface area is 166 Å². The predicted molar refractivity (Wildman–Crippen MR) is 114 cm³/mol. The predicted octanol–water partition coefficient (Wildman–Crippen LogP) is 1.74. The number of nitrogens with two attached hydrogens (primary N) is 1. The van der Waals surface area contributed by atoms with Crippen molar-refractivity contribution in [2.45, 2.75) is 4.90 Å². The first-order chi connectivity index (χ1) is 12.9. The third kappa shape index (κ3) is 6.58. The second-order valence-corrected chi connectivity index (χ2v) is 7.78. The first kappa shape index (κ1) is 23.0. The molecule has 7 nitrogen and oxygen atoms in total. The van der Waals surface area contributed by atoms with Crippen molar-refractivity contribution in [3.8, 4) is 0 Å². The molecule has 148 valence electrons. The van der Waals surface area contributed by atoms with Crippen LogP contribution in [0.3, 0.4) is 0 Å². The Kier molecular flexibility index (Phi) is 9.94. The third-order valence-corrected chi connectivity index (χ3v) is 5.56. The lowest BCUT2D eigenvalue weighted by Gasteiger charge is -2.25. The summed E-state index contributed by atoms with van der Waals surface area (Å²) in [4.78, 5) is 10.9. The number of hydrogen-bond donors (Lipinski definition) is 3. The Morgan fingerprint density at radius 2 is 2.19 bits per heavy atom. The second-order valence-electron chi connectivity index (χ2n) is 5.36. The molecule has 1 aromatic rings. The van der Waals surface area contributed by atoms with E-state index in [9.17, 15) is 8.60 Å². The van der Waals surface area contributed by atoms with Crippen LogP contribution in [-0.2, 0) is 10.8 Å². The van der Waals surface area contributed by atoms with Gasteiger partial charge in [0.2, 0.25) is 0 Å². The largest absolute Gasteiger partial charge is 0.368 e. The Hall–Kier alpha value is -2.01. The molecule has 0 aliphatic heterocycles. The Bertz CT molecular complexity index is 766. The maximum Gasteiger partial charge on any atom is 0.150 e. The van der Waals surface area contributed by atoms with Crippen LogP contribution in [-0.4, -0.2) is 55.3 Å². The molecule has 0 spiro atoms. The fourth-order valence-electron chi connectivity index (χ4n) is 2.28. The van der Waals surface area contributed by atoms with Crippen LogP contribution in [0.4, 0.5) is 4.39 Å². The lowest BCUT2D eigenvalue weighted by Crippen LogP contribution is -2.26. The average molecular weight is 413 g/mol. The summed E-state index contributed by atoms with van der Waals surface area (Å²) in [5, 5.41) is 3.04. The quantitative estimate of drug-likeness (QED) is 0.222. The maximum atomic E-state index is 13.9. The van der Waals surface area contributed by atoms with Crippen LogP contribution in [0.25, 0.3) is 5.70 Å². The van der Waals surface area contributed by atoms with E-state index in [2.05, 4.69) is 34.2 Å². The molecule has 0 aliphatic rings. The number of thioether (sulfide) groups is 1. The molecule has 0 fully saturated rings. The van der Waals surface area contributed by atoms with Crippen molar-refractivity contribution < 1.29 is 8.60 Å². The van der Waals surface area contributed by atoms with E-state index in [0.717, 1.165) is 4.91 Å². The molecule has 27 heavy (non-hydrogen) atoms. The minimum Gasteiger partial charge on any atom is -0.368 e. The van der Waals surface area contributed by atoms with Crippen LogP contribution in [0, 0.1) is 5.82 Å². The number of halogens is 1. The van der Waals surface area contributed by atoms with Crippen molar-refractivity contribution in [3.05, 3.63) is 46.5 Å². The highest BCUT2D eigenvalue weighted by Crippen LogP contribution is 2.28. The summed E-state index contributed by atoms with van der Waals surface area (Å²) in [6, 6.07) is 4.13. The third-order valence-electron chi connectivity index (χ3n) is 3.48. The summed E-state index contributed by atoms with van der Waals surface area (Å²) >= 11 is 1.49. The molecule has 10 heteroatoms. The van der Waals surface area contributed by atoms with Gasteiger partial charge in [0.05, 0.1) is 29.2 Å². The van der Waals surface area contributed by atoms with Gasteiger partial charge < -0.3 is 15.6 Å². The first-order valence-corrected chi connectivity index (χ1v) is 10.4. The summed E-state index contributed by atoms with van der Waals surface area (Å²) in [7, 11) is 2.33. The van der Waals surface area contributed by atoms with E-state index < -0.39 is 16.6 Å². The smallest absolute Gasteiger partial charge is 0.150 e. The van der Waals surface area contributed by atoms with Crippen molar-refractivity contribution in [2.75, 3.05) is 32.8 Å². The molecule has 4 N–H and O–H groups in total. The summed E-state index contributed by atoms with van der Waals surface area (Å²) < 4.78 is 26.0. The van der Waals surface area contributed by atoms with Crippen molar-refractivity contribution in [1.82, 2.24) is 15.6 Å².